The Morgan fingerprint density at radius 1 is 1.00 bits per heavy atom. The SMILES string of the molecule is CCCn1c(=O)c2c(nc(Oc3cccc(C(F)(F)F)c3)n2Cc2ccccc2)n(C)c1=O. The monoisotopic (exact) mass is 458 g/mol. The van der Waals surface area contributed by atoms with Gasteiger partial charge < -0.3 is 4.74 Å². The molecule has 10 heteroatoms. The van der Waals surface area contributed by atoms with Gasteiger partial charge in [-0.2, -0.15) is 18.2 Å². The molecular weight excluding hydrogens is 437 g/mol. The van der Waals surface area contributed by atoms with Crippen molar-refractivity contribution in [2.24, 2.45) is 7.05 Å². The third-order valence-electron chi connectivity index (χ3n) is 5.20. The Labute approximate surface area is 186 Å². The van der Waals surface area contributed by atoms with Gasteiger partial charge in [0.05, 0.1) is 12.1 Å². The smallest absolute Gasteiger partial charge is 0.416 e. The molecule has 0 aliphatic rings. The van der Waals surface area contributed by atoms with Crippen molar-refractivity contribution in [2.75, 3.05) is 0 Å². The van der Waals surface area contributed by atoms with Gasteiger partial charge in [0.25, 0.3) is 5.56 Å². The van der Waals surface area contributed by atoms with Crippen LogP contribution in [0.25, 0.3) is 11.2 Å². The van der Waals surface area contributed by atoms with Crippen molar-refractivity contribution in [3.8, 4) is 11.8 Å². The fourth-order valence-electron chi connectivity index (χ4n) is 3.60. The Morgan fingerprint density at radius 3 is 2.39 bits per heavy atom. The summed E-state index contributed by atoms with van der Waals surface area (Å²) < 4.78 is 49.0. The molecule has 0 aliphatic heterocycles. The standard InChI is InChI=1S/C23H21F3N4O3/c1-3-12-29-20(31)18-19(28(2)22(29)32)27-21(30(18)14-15-8-5-4-6-9-15)33-17-11-7-10-16(13-17)23(24,25)26/h4-11,13H,3,12,14H2,1-2H3. The normalized spacial score (nSPS) is 11.8. The van der Waals surface area contributed by atoms with Crippen molar-refractivity contribution in [2.45, 2.75) is 32.6 Å². The van der Waals surface area contributed by atoms with E-state index in [2.05, 4.69) is 4.98 Å². The molecular formula is C23H21F3N4O3. The van der Waals surface area contributed by atoms with Gasteiger partial charge in [0, 0.05) is 13.6 Å². The number of aromatic nitrogens is 4. The third kappa shape index (κ3) is 4.28. The highest BCUT2D eigenvalue weighted by Gasteiger charge is 2.31. The zero-order valence-electron chi connectivity index (χ0n) is 18.0. The maximum absolute atomic E-state index is 13.2. The molecule has 4 aromatic rings. The van der Waals surface area contributed by atoms with Crippen molar-refractivity contribution in [1.82, 2.24) is 18.7 Å². The molecule has 0 spiro atoms. The number of halogens is 3. The summed E-state index contributed by atoms with van der Waals surface area (Å²) in [7, 11) is 1.49. The van der Waals surface area contributed by atoms with Gasteiger partial charge in [-0.15, -0.1) is 0 Å². The summed E-state index contributed by atoms with van der Waals surface area (Å²) in [6.07, 6.45) is -3.97. The number of fused-ring (bicyclic) bond motifs is 1. The first kappa shape index (κ1) is 22.4. The maximum atomic E-state index is 13.2. The van der Waals surface area contributed by atoms with E-state index in [9.17, 15) is 22.8 Å². The molecule has 0 aliphatic carbocycles. The van der Waals surface area contributed by atoms with Crippen molar-refractivity contribution in [3.63, 3.8) is 0 Å². The lowest BCUT2D eigenvalue weighted by molar-refractivity contribution is -0.137. The second kappa shape index (κ2) is 8.61. The first-order chi connectivity index (χ1) is 15.7. The highest BCUT2D eigenvalue weighted by molar-refractivity contribution is 5.72. The second-order valence-corrected chi connectivity index (χ2v) is 7.56. The molecule has 0 atom stereocenters. The minimum absolute atomic E-state index is 0.0884. The first-order valence-electron chi connectivity index (χ1n) is 10.3. The van der Waals surface area contributed by atoms with Gasteiger partial charge in [0.2, 0.25) is 0 Å². The van der Waals surface area contributed by atoms with Crippen LogP contribution in [0.3, 0.4) is 0 Å². The fraction of sp³-hybridized carbons (Fsp3) is 0.261. The predicted molar refractivity (Wildman–Crippen MR) is 117 cm³/mol. The van der Waals surface area contributed by atoms with E-state index in [1.807, 2.05) is 37.3 Å². The van der Waals surface area contributed by atoms with Gasteiger partial charge in [-0.05, 0) is 30.2 Å². The topological polar surface area (TPSA) is 71.1 Å². The number of hydrogen-bond donors (Lipinski definition) is 0. The molecule has 2 heterocycles. The van der Waals surface area contributed by atoms with E-state index < -0.39 is 23.0 Å². The van der Waals surface area contributed by atoms with Gasteiger partial charge in [-0.3, -0.25) is 18.5 Å². The maximum Gasteiger partial charge on any atom is 0.416 e. The Hall–Kier alpha value is -3.82. The lowest BCUT2D eigenvalue weighted by atomic mass is 10.2. The number of aryl methyl sites for hydroxylation is 1. The molecule has 172 valence electrons. The van der Waals surface area contributed by atoms with Crippen LogP contribution >= 0.6 is 0 Å². The van der Waals surface area contributed by atoms with Crippen LogP contribution in [0.4, 0.5) is 13.2 Å². The summed E-state index contributed by atoms with van der Waals surface area (Å²) in [5.41, 5.74) is -0.877. The summed E-state index contributed by atoms with van der Waals surface area (Å²) in [5, 5.41) is 0. The Morgan fingerprint density at radius 2 is 1.73 bits per heavy atom. The van der Waals surface area contributed by atoms with E-state index >= 15 is 0 Å². The molecule has 2 aromatic carbocycles. The lowest BCUT2D eigenvalue weighted by Crippen LogP contribution is -2.39. The quantitative estimate of drug-likeness (QED) is 0.435. The molecule has 33 heavy (non-hydrogen) atoms. The number of nitrogens with zero attached hydrogens (tertiary/aromatic N) is 4. The average Bonchev–Trinajstić information content (AvgIpc) is 3.13. The van der Waals surface area contributed by atoms with E-state index in [0.29, 0.717) is 6.42 Å². The van der Waals surface area contributed by atoms with E-state index in [1.54, 1.807) is 0 Å². The van der Waals surface area contributed by atoms with Crippen LogP contribution in [-0.2, 0) is 26.3 Å². The van der Waals surface area contributed by atoms with Crippen LogP contribution in [0.5, 0.6) is 11.8 Å². The fourth-order valence-corrected chi connectivity index (χ4v) is 3.60. The van der Waals surface area contributed by atoms with Gasteiger partial charge >= 0.3 is 17.9 Å². The van der Waals surface area contributed by atoms with Crippen LogP contribution in [-0.4, -0.2) is 18.7 Å². The minimum atomic E-state index is -4.54. The summed E-state index contributed by atoms with van der Waals surface area (Å²) >= 11 is 0. The molecule has 0 fully saturated rings. The highest BCUT2D eigenvalue weighted by atomic mass is 19.4. The highest BCUT2D eigenvalue weighted by Crippen LogP contribution is 2.33. The molecule has 0 bridgehead atoms. The Bertz CT molecular complexity index is 1420. The Balaban J connectivity index is 1.93. The third-order valence-corrected chi connectivity index (χ3v) is 5.20. The van der Waals surface area contributed by atoms with Crippen molar-refractivity contribution in [3.05, 3.63) is 86.6 Å². The van der Waals surface area contributed by atoms with Crippen LogP contribution in [0.1, 0.15) is 24.5 Å². The summed E-state index contributed by atoms with van der Waals surface area (Å²) in [5.74, 6) is -0.0895. The Kier molecular flexibility index (Phi) is 5.84. The summed E-state index contributed by atoms with van der Waals surface area (Å²) in [6, 6.07) is 13.5. The van der Waals surface area contributed by atoms with Gasteiger partial charge in [0.1, 0.15) is 5.75 Å². The molecule has 4 rings (SSSR count). The van der Waals surface area contributed by atoms with E-state index in [1.165, 1.54) is 28.3 Å². The van der Waals surface area contributed by atoms with E-state index in [-0.39, 0.29) is 36.0 Å². The van der Waals surface area contributed by atoms with Crippen molar-refractivity contribution >= 4 is 11.2 Å². The van der Waals surface area contributed by atoms with Crippen LogP contribution in [0, 0.1) is 0 Å². The zero-order valence-corrected chi connectivity index (χ0v) is 18.0. The van der Waals surface area contributed by atoms with Gasteiger partial charge in [-0.1, -0.05) is 43.3 Å². The van der Waals surface area contributed by atoms with Crippen molar-refractivity contribution < 1.29 is 17.9 Å². The van der Waals surface area contributed by atoms with Gasteiger partial charge in [-0.25, -0.2) is 4.79 Å². The molecule has 0 unspecified atom stereocenters. The molecule has 2 aromatic heterocycles. The molecule has 0 radical (unpaired) electrons. The lowest BCUT2D eigenvalue weighted by Gasteiger charge is -2.12. The van der Waals surface area contributed by atoms with Crippen molar-refractivity contribution in [1.29, 1.82) is 0 Å². The summed E-state index contributed by atoms with van der Waals surface area (Å²) in [4.78, 5) is 30.3. The predicted octanol–water partition coefficient (Wildman–Crippen LogP) is 4.17. The second-order valence-electron chi connectivity index (χ2n) is 7.56. The van der Waals surface area contributed by atoms with E-state index in [0.717, 1.165) is 22.3 Å². The van der Waals surface area contributed by atoms with Crippen LogP contribution in [0.15, 0.2) is 64.2 Å². The number of alkyl halides is 3. The molecule has 0 N–H and O–H groups in total. The summed E-state index contributed by atoms with van der Waals surface area (Å²) in [6.45, 7) is 2.24. The minimum Gasteiger partial charge on any atom is -0.425 e. The number of rotatable bonds is 6. The largest absolute Gasteiger partial charge is 0.425 e. The number of benzene rings is 2. The first-order valence-corrected chi connectivity index (χ1v) is 10.3. The van der Waals surface area contributed by atoms with Crippen LogP contribution < -0.4 is 16.0 Å². The molecule has 0 saturated carbocycles. The number of imidazole rings is 1. The van der Waals surface area contributed by atoms with E-state index in [4.69, 9.17) is 4.74 Å². The molecule has 0 amide bonds. The molecule has 7 nitrogen and oxygen atoms in total. The molecule has 0 saturated heterocycles. The van der Waals surface area contributed by atoms with Gasteiger partial charge in [0.15, 0.2) is 11.2 Å². The van der Waals surface area contributed by atoms with Crippen LogP contribution in [0.2, 0.25) is 0 Å². The number of ether oxygens (including phenoxy) is 1. The number of hydrogen-bond acceptors (Lipinski definition) is 4. The average molecular weight is 458 g/mol. The zero-order chi connectivity index (χ0) is 23.8.